The molecule has 0 aromatic heterocycles. The molecule has 0 spiro atoms. The Morgan fingerprint density at radius 2 is 2.00 bits per heavy atom. The monoisotopic (exact) mass is 238 g/mol. The van der Waals surface area contributed by atoms with Gasteiger partial charge in [0.2, 0.25) is 0 Å². The van der Waals surface area contributed by atoms with Crippen LogP contribution in [0.5, 0.6) is 0 Å². The summed E-state index contributed by atoms with van der Waals surface area (Å²) in [6, 6.07) is 3.39. The van der Waals surface area contributed by atoms with Crippen molar-refractivity contribution in [2.75, 3.05) is 5.88 Å². The zero-order valence-corrected chi connectivity index (χ0v) is 9.29. The molecule has 1 unspecified atom stereocenters. The Kier molecular flexibility index (Phi) is 3.87. The number of aliphatic hydroxyl groups is 1. The molecule has 1 atom stereocenters. The molecule has 0 amide bonds. The van der Waals surface area contributed by atoms with E-state index < -0.39 is 6.10 Å². The Morgan fingerprint density at radius 3 is 2.54 bits per heavy atom. The normalized spacial score (nSPS) is 13.0. The van der Waals surface area contributed by atoms with Crippen LogP contribution < -0.4 is 0 Å². The molecule has 1 aromatic carbocycles. The van der Waals surface area contributed by atoms with Crippen LogP contribution in [0, 0.1) is 6.92 Å². The number of rotatable bonds is 2. The first kappa shape index (κ1) is 11.1. The number of aliphatic hydroxyl groups excluding tert-OH is 1. The van der Waals surface area contributed by atoms with Crippen molar-refractivity contribution in [1.82, 2.24) is 0 Å². The van der Waals surface area contributed by atoms with Crippen molar-refractivity contribution >= 4 is 34.8 Å². The van der Waals surface area contributed by atoms with E-state index in [9.17, 15) is 5.11 Å². The summed E-state index contributed by atoms with van der Waals surface area (Å²) in [4.78, 5) is 0. The lowest BCUT2D eigenvalue weighted by molar-refractivity contribution is 0.202. The predicted molar refractivity (Wildman–Crippen MR) is 56.9 cm³/mol. The number of hydrogen-bond acceptors (Lipinski definition) is 1. The number of hydrogen-bond donors (Lipinski definition) is 1. The van der Waals surface area contributed by atoms with Crippen LogP contribution in [0.4, 0.5) is 0 Å². The van der Waals surface area contributed by atoms with E-state index in [0.717, 1.165) is 5.56 Å². The number of benzene rings is 1. The third kappa shape index (κ3) is 2.29. The van der Waals surface area contributed by atoms with Crippen LogP contribution in [0.3, 0.4) is 0 Å². The lowest BCUT2D eigenvalue weighted by atomic mass is 10.1. The van der Waals surface area contributed by atoms with Gasteiger partial charge in [0.1, 0.15) is 0 Å². The van der Waals surface area contributed by atoms with E-state index in [-0.39, 0.29) is 5.88 Å². The molecule has 13 heavy (non-hydrogen) atoms. The van der Waals surface area contributed by atoms with Gasteiger partial charge in [-0.2, -0.15) is 0 Å². The van der Waals surface area contributed by atoms with Crippen LogP contribution in [-0.2, 0) is 0 Å². The molecule has 0 radical (unpaired) electrons. The molecule has 0 aliphatic rings. The lowest BCUT2D eigenvalue weighted by Gasteiger charge is -2.11. The Hall–Kier alpha value is 0.0500. The first-order valence-electron chi connectivity index (χ1n) is 3.76. The van der Waals surface area contributed by atoms with Crippen molar-refractivity contribution in [3.8, 4) is 0 Å². The maximum absolute atomic E-state index is 9.47. The lowest BCUT2D eigenvalue weighted by Crippen LogP contribution is -2.00. The van der Waals surface area contributed by atoms with Crippen LogP contribution >= 0.6 is 34.8 Å². The number of alkyl halides is 1. The summed E-state index contributed by atoms with van der Waals surface area (Å²) in [6.45, 7) is 1.80. The third-order valence-corrected chi connectivity index (χ3v) is 3.06. The fraction of sp³-hybridized carbons (Fsp3) is 0.333. The quantitative estimate of drug-likeness (QED) is 0.782. The van der Waals surface area contributed by atoms with Gasteiger partial charge in [-0.1, -0.05) is 29.3 Å². The van der Waals surface area contributed by atoms with E-state index in [0.29, 0.717) is 15.6 Å². The van der Waals surface area contributed by atoms with Gasteiger partial charge >= 0.3 is 0 Å². The fourth-order valence-corrected chi connectivity index (χ4v) is 1.69. The smallest absolute Gasteiger partial charge is 0.0939 e. The summed E-state index contributed by atoms with van der Waals surface area (Å²) in [5, 5.41) is 10.5. The molecule has 4 heteroatoms. The van der Waals surface area contributed by atoms with Crippen LogP contribution in [0.1, 0.15) is 17.2 Å². The van der Waals surface area contributed by atoms with E-state index in [1.54, 1.807) is 19.1 Å². The molecule has 1 rings (SSSR count). The third-order valence-electron chi connectivity index (χ3n) is 1.86. The topological polar surface area (TPSA) is 20.2 Å². The summed E-state index contributed by atoms with van der Waals surface area (Å²) < 4.78 is 0. The molecular formula is C9H9Cl3O. The molecule has 72 valence electrons. The van der Waals surface area contributed by atoms with Gasteiger partial charge in [-0.15, -0.1) is 11.6 Å². The first-order valence-corrected chi connectivity index (χ1v) is 5.05. The SMILES string of the molecule is Cc1c(Cl)ccc(C(O)CCl)c1Cl. The van der Waals surface area contributed by atoms with Crippen molar-refractivity contribution in [1.29, 1.82) is 0 Å². The Balaban J connectivity index is 3.18. The maximum Gasteiger partial charge on any atom is 0.0939 e. The van der Waals surface area contributed by atoms with E-state index in [1.165, 1.54) is 0 Å². The Bertz CT molecular complexity index is 312. The van der Waals surface area contributed by atoms with Gasteiger partial charge in [0.25, 0.3) is 0 Å². The largest absolute Gasteiger partial charge is 0.387 e. The van der Waals surface area contributed by atoms with Crippen molar-refractivity contribution in [3.63, 3.8) is 0 Å². The highest BCUT2D eigenvalue weighted by molar-refractivity contribution is 6.36. The highest BCUT2D eigenvalue weighted by Crippen LogP contribution is 2.31. The number of halogens is 3. The van der Waals surface area contributed by atoms with E-state index in [4.69, 9.17) is 34.8 Å². The molecule has 1 N–H and O–H groups in total. The summed E-state index contributed by atoms with van der Waals surface area (Å²) in [5.74, 6) is 0.126. The maximum atomic E-state index is 9.47. The molecule has 0 heterocycles. The molecular weight excluding hydrogens is 230 g/mol. The fourth-order valence-electron chi connectivity index (χ4n) is 1.02. The zero-order valence-electron chi connectivity index (χ0n) is 7.02. The van der Waals surface area contributed by atoms with E-state index in [1.807, 2.05) is 0 Å². The van der Waals surface area contributed by atoms with Gasteiger partial charge < -0.3 is 5.11 Å². The van der Waals surface area contributed by atoms with E-state index in [2.05, 4.69) is 0 Å². The van der Waals surface area contributed by atoms with Gasteiger partial charge in [-0.3, -0.25) is 0 Å². The molecule has 0 aliphatic heterocycles. The highest BCUT2D eigenvalue weighted by Gasteiger charge is 2.13. The average molecular weight is 240 g/mol. The average Bonchev–Trinajstić information content (AvgIpc) is 2.13. The molecule has 0 saturated carbocycles. The minimum absolute atomic E-state index is 0.126. The van der Waals surface area contributed by atoms with Gasteiger partial charge in [0, 0.05) is 10.6 Å². The summed E-state index contributed by atoms with van der Waals surface area (Å²) in [7, 11) is 0. The van der Waals surface area contributed by atoms with Crippen LogP contribution in [-0.4, -0.2) is 11.0 Å². The molecule has 0 fully saturated rings. The van der Waals surface area contributed by atoms with Gasteiger partial charge in [0.05, 0.1) is 17.0 Å². The van der Waals surface area contributed by atoms with Gasteiger partial charge in [0.15, 0.2) is 0 Å². The second-order valence-corrected chi connectivity index (χ2v) is 3.84. The predicted octanol–water partition coefficient (Wildman–Crippen LogP) is 3.57. The first-order chi connectivity index (χ1) is 6.07. The second kappa shape index (κ2) is 4.52. The van der Waals surface area contributed by atoms with Crippen LogP contribution in [0.25, 0.3) is 0 Å². The second-order valence-electron chi connectivity index (χ2n) is 2.75. The molecule has 1 aromatic rings. The summed E-state index contributed by atoms with van der Waals surface area (Å²) in [6.07, 6.45) is -0.731. The van der Waals surface area contributed by atoms with Gasteiger partial charge in [-0.25, -0.2) is 0 Å². The van der Waals surface area contributed by atoms with Crippen molar-refractivity contribution < 1.29 is 5.11 Å². The summed E-state index contributed by atoms with van der Waals surface area (Å²) >= 11 is 17.3. The van der Waals surface area contributed by atoms with E-state index >= 15 is 0 Å². The standard InChI is InChI=1S/C9H9Cl3O/c1-5-7(11)3-2-6(9(5)12)8(13)4-10/h2-3,8,13H,4H2,1H3. The van der Waals surface area contributed by atoms with Gasteiger partial charge in [-0.05, 0) is 18.6 Å². The van der Waals surface area contributed by atoms with Crippen molar-refractivity contribution in [2.24, 2.45) is 0 Å². The minimum atomic E-state index is -0.731. The minimum Gasteiger partial charge on any atom is -0.387 e. The molecule has 0 bridgehead atoms. The van der Waals surface area contributed by atoms with Crippen molar-refractivity contribution in [3.05, 3.63) is 33.3 Å². The zero-order chi connectivity index (χ0) is 10.0. The molecule has 0 aliphatic carbocycles. The Labute approximate surface area is 92.2 Å². The van der Waals surface area contributed by atoms with Crippen LogP contribution in [0.2, 0.25) is 10.0 Å². The molecule has 1 nitrogen and oxygen atoms in total. The molecule has 0 saturated heterocycles. The Morgan fingerprint density at radius 1 is 1.38 bits per heavy atom. The van der Waals surface area contributed by atoms with Crippen molar-refractivity contribution in [2.45, 2.75) is 13.0 Å². The van der Waals surface area contributed by atoms with Crippen LogP contribution in [0.15, 0.2) is 12.1 Å². The summed E-state index contributed by atoms with van der Waals surface area (Å²) in [5.41, 5.74) is 1.39. The highest BCUT2D eigenvalue weighted by atomic mass is 35.5.